The molecule has 1 unspecified atom stereocenters. The number of nitrogens with zero attached hydrogens (tertiary/aromatic N) is 1. The maximum absolute atomic E-state index is 13.6. The largest absolute Gasteiger partial charge is 0.480 e. The quantitative estimate of drug-likeness (QED) is 0.778. The highest BCUT2D eigenvalue weighted by molar-refractivity contribution is 5.92. The van der Waals surface area contributed by atoms with Crippen LogP contribution >= 0.6 is 0 Å². The van der Waals surface area contributed by atoms with Crippen LogP contribution in [0.5, 0.6) is 0 Å². The molecule has 1 atom stereocenters. The molecule has 1 aromatic rings. The van der Waals surface area contributed by atoms with Crippen LogP contribution in [0.25, 0.3) is 6.08 Å². The van der Waals surface area contributed by atoms with Crippen molar-refractivity contribution in [3.05, 3.63) is 41.5 Å². The standard InChI is InChI=1S/C18H20F2N2O4/c1-11(18(25)26)21-17(24)13-7-9-22(10-8-13)15(23)6-5-12-3-2-4-14(19)16(12)20/h2-6,11,13H,7-10H2,1H3,(H,21,24)(H,25,26)/b6-5+. The molecule has 0 spiro atoms. The molecule has 2 amide bonds. The molecule has 1 heterocycles. The van der Waals surface area contributed by atoms with Crippen LogP contribution in [-0.4, -0.2) is 46.9 Å². The van der Waals surface area contributed by atoms with Crippen molar-refractivity contribution in [2.24, 2.45) is 5.92 Å². The van der Waals surface area contributed by atoms with Gasteiger partial charge < -0.3 is 15.3 Å². The highest BCUT2D eigenvalue weighted by Gasteiger charge is 2.28. The fourth-order valence-electron chi connectivity index (χ4n) is 2.67. The molecule has 6 nitrogen and oxygen atoms in total. The lowest BCUT2D eigenvalue weighted by Crippen LogP contribution is -2.46. The van der Waals surface area contributed by atoms with Crippen molar-refractivity contribution in [2.75, 3.05) is 13.1 Å². The van der Waals surface area contributed by atoms with E-state index in [2.05, 4.69) is 5.32 Å². The van der Waals surface area contributed by atoms with E-state index in [-0.39, 0.29) is 23.3 Å². The number of nitrogens with one attached hydrogen (secondary N) is 1. The van der Waals surface area contributed by atoms with Crippen molar-refractivity contribution in [1.82, 2.24) is 10.2 Å². The highest BCUT2D eigenvalue weighted by atomic mass is 19.2. The van der Waals surface area contributed by atoms with Crippen molar-refractivity contribution in [1.29, 1.82) is 0 Å². The van der Waals surface area contributed by atoms with Gasteiger partial charge in [-0.25, -0.2) is 8.78 Å². The van der Waals surface area contributed by atoms with Gasteiger partial charge in [0.05, 0.1) is 0 Å². The lowest BCUT2D eigenvalue weighted by molar-refractivity contribution is -0.142. The zero-order chi connectivity index (χ0) is 19.3. The SMILES string of the molecule is CC(NC(=O)C1CCN(C(=O)/C=C/c2cccc(F)c2F)CC1)C(=O)O. The molecule has 2 N–H and O–H groups in total. The summed E-state index contributed by atoms with van der Waals surface area (Å²) in [6.45, 7) is 2.04. The number of benzene rings is 1. The second-order valence-electron chi connectivity index (χ2n) is 6.14. The Kier molecular flexibility index (Phi) is 6.43. The van der Waals surface area contributed by atoms with Gasteiger partial charge in [0.1, 0.15) is 6.04 Å². The van der Waals surface area contributed by atoms with Crippen LogP contribution in [0.2, 0.25) is 0 Å². The molecule has 0 aliphatic carbocycles. The normalized spacial score (nSPS) is 16.5. The summed E-state index contributed by atoms with van der Waals surface area (Å²) in [5.74, 6) is -4.16. The lowest BCUT2D eigenvalue weighted by Gasteiger charge is -2.31. The van der Waals surface area contributed by atoms with Gasteiger partial charge in [0.25, 0.3) is 0 Å². The van der Waals surface area contributed by atoms with Crippen molar-refractivity contribution in [3.8, 4) is 0 Å². The number of likely N-dealkylation sites (tertiary alicyclic amines) is 1. The Morgan fingerprint density at radius 3 is 2.54 bits per heavy atom. The molecule has 26 heavy (non-hydrogen) atoms. The first-order chi connectivity index (χ1) is 12.3. The van der Waals surface area contributed by atoms with Crippen LogP contribution in [0.1, 0.15) is 25.3 Å². The number of carboxylic acid groups (broad SMARTS) is 1. The number of amides is 2. The summed E-state index contributed by atoms with van der Waals surface area (Å²) < 4.78 is 26.7. The Bertz CT molecular complexity index is 728. The molecule has 1 aliphatic rings. The average Bonchev–Trinajstić information content (AvgIpc) is 2.62. The highest BCUT2D eigenvalue weighted by Crippen LogP contribution is 2.19. The van der Waals surface area contributed by atoms with Gasteiger partial charge in [-0.3, -0.25) is 14.4 Å². The molecule has 1 fully saturated rings. The van der Waals surface area contributed by atoms with Crippen LogP contribution in [0.15, 0.2) is 24.3 Å². The Morgan fingerprint density at radius 2 is 1.92 bits per heavy atom. The predicted octanol–water partition coefficient (Wildman–Crippen LogP) is 1.81. The zero-order valence-electron chi connectivity index (χ0n) is 14.2. The maximum atomic E-state index is 13.6. The van der Waals surface area contributed by atoms with Crippen molar-refractivity contribution < 1.29 is 28.3 Å². The van der Waals surface area contributed by atoms with E-state index in [0.717, 1.165) is 6.07 Å². The fraction of sp³-hybridized carbons (Fsp3) is 0.389. The number of hydrogen-bond donors (Lipinski definition) is 2. The van der Waals surface area contributed by atoms with E-state index in [1.54, 1.807) is 0 Å². The van der Waals surface area contributed by atoms with E-state index in [1.165, 1.54) is 36.1 Å². The van der Waals surface area contributed by atoms with Crippen LogP contribution in [-0.2, 0) is 14.4 Å². The van der Waals surface area contributed by atoms with Gasteiger partial charge in [-0.2, -0.15) is 0 Å². The molecule has 0 saturated carbocycles. The Labute approximate surface area is 149 Å². The monoisotopic (exact) mass is 366 g/mol. The summed E-state index contributed by atoms with van der Waals surface area (Å²) in [7, 11) is 0. The maximum Gasteiger partial charge on any atom is 0.325 e. The smallest absolute Gasteiger partial charge is 0.325 e. The molecule has 0 bridgehead atoms. The third-order valence-corrected chi connectivity index (χ3v) is 4.29. The van der Waals surface area contributed by atoms with Crippen LogP contribution < -0.4 is 5.32 Å². The summed E-state index contributed by atoms with van der Waals surface area (Å²) >= 11 is 0. The van der Waals surface area contributed by atoms with Gasteiger partial charge in [-0.05, 0) is 31.9 Å². The van der Waals surface area contributed by atoms with Crippen molar-refractivity contribution in [2.45, 2.75) is 25.8 Å². The molecular weight excluding hydrogens is 346 g/mol. The van der Waals surface area contributed by atoms with E-state index < -0.39 is 23.6 Å². The molecule has 8 heteroatoms. The van der Waals surface area contributed by atoms with Gasteiger partial charge >= 0.3 is 5.97 Å². The number of hydrogen-bond acceptors (Lipinski definition) is 3. The third kappa shape index (κ3) is 4.87. The summed E-state index contributed by atoms with van der Waals surface area (Å²) in [5, 5.41) is 11.2. The fourth-order valence-corrected chi connectivity index (χ4v) is 2.67. The summed E-state index contributed by atoms with van der Waals surface area (Å²) in [4.78, 5) is 36.4. The number of carboxylic acids is 1. The topological polar surface area (TPSA) is 86.7 Å². The molecule has 1 aromatic carbocycles. The average molecular weight is 366 g/mol. The van der Waals surface area contributed by atoms with Gasteiger partial charge in [-0.1, -0.05) is 12.1 Å². The van der Waals surface area contributed by atoms with Gasteiger partial charge in [0.2, 0.25) is 11.8 Å². The zero-order valence-corrected chi connectivity index (χ0v) is 14.2. The molecule has 0 radical (unpaired) electrons. The van der Waals surface area contributed by atoms with E-state index in [1.807, 2.05) is 0 Å². The predicted molar refractivity (Wildman–Crippen MR) is 89.9 cm³/mol. The lowest BCUT2D eigenvalue weighted by atomic mass is 9.95. The first kappa shape index (κ1) is 19.6. The van der Waals surface area contributed by atoms with Crippen LogP contribution in [0.4, 0.5) is 8.78 Å². The molecule has 1 aliphatic heterocycles. The first-order valence-corrected chi connectivity index (χ1v) is 8.23. The minimum Gasteiger partial charge on any atom is -0.480 e. The second-order valence-corrected chi connectivity index (χ2v) is 6.14. The molecule has 2 rings (SSSR count). The van der Waals surface area contributed by atoms with E-state index in [4.69, 9.17) is 5.11 Å². The first-order valence-electron chi connectivity index (χ1n) is 8.23. The summed E-state index contributed by atoms with van der Waals surface area (Å²) in [6, 6.07) is 2.74. The van der Waals surface area contributed by atoms with E-state index >= 15 is 0 Å². The molecule has 1 saturated heterocycles. The van der Waals surface area contributed by atoms with Gasteiger partial charge in [-0.15, -0.1) is 0 Å². The number of aliphatic carboxylic acids is 1. The minimum atomic E-state index is -1.11. The number of halogens is 2. The summed E-state index contributed by atoms with van der Waals surface area (Å²) in [5.41, 5.74) is -0.0183. The molecule has 140 valence electrons. The van der Waals surface area contributed by atoms with Gasteiger partial charge in [0, 0.05) is 30.6 Å². The molecular formula is C18H20F2N2O4. The van der Waals surface area contributed by atoms with E-state index in [9.17, 15) is 23.2 Å². The number of carbonyl (C=O) groups excluding carboxylic acids is 2. The summed E-state index contributed by atoms with van der Waals surface area (Å²) in [6.07, 6.45) is 3.21. The number of rotatable bonds is 5. The van der Waals surface area contributed by atoms with Gasteiger partial charge in [0.15, 0.2) is 11.6 Å². The number of carbonyl (C=O) groups is 3. The van der Waals surface area contributed by atoms with Crippen molar-refractivity contribution in [3.63, 3.8) is 0 Å². The second kappa shape index (κ2) is 8.55. The van der Waals surface area contributed by atoms with Crippen molar-refractivity contribution >= 4 is 23.9 Å². The Hall–Kier alpha value is -2.77. The number of piperidine rings is 1. The van der Waals surface area contributed by atoms with Crippen LogP contribution in [0, 0.1) is 17.6 Å². The third-order valence-electron chi connectivity index (χ3n) is 4.29. The Morgan fingerprint density at radius 1 is 1.27 bits per heavy atom. The van der Waals surface area contributed by atoms with Crippen LogP contribution in [0.3, 0.4) is 0 Å². The van der Waals surface area contributed by atoms with E-state index in [0.29, 0.717) is 25.9 Å². The molecule has 0 aromatic heterocycles. The Balaban J connectivity index is 1.88. The minimum absolute atomic E-state index is 0.0183.